The summed E-state index contributed by atoms with van der Waals surface area (Å²) in [5, 5.41) is 18.7. The maximum atomic E-state index is 9.04. The van der Waals surface area contributed by atoms with Crippen LogP contribution < -0.4 is 4.90 Å². The maximum Gasteiger partial charge on any atom is 0.225 e. The Kier molecular flexibility index (Phi) is 6.43. The predicted octanol–water partition coefficient (Wildman–Crippen LogP) is 1.67. The third-order valence-corrected chi connectivity index (χ3v) is 6.54. The second-order valence-corrected chi connectivity index (χ2v) is 8.65. The Morgan fingerprint density at radius 1 is 1.18 bits per heavy atom. The molecule has 0 aliphatic carbocycles. The molecule has 0 amide bonds. The summed E-state index contributed by atoms with van der Waals surface area (Å²) in [7, 11) is 2.03. The van der Waals surface area contributed by atoms with Crippen LogP contribution in [0.15, 0.2) is 17.4 Å². The van der Waals surface area contributed by atoms with Gasteiger partial charge in [-0.25, -0.2) is 9.97 Å². The lowest BCUT2D eigenvalue weighted by Crippen LogP contribution is -2.35. The van der Waals surface area contributed by atoms with E-state index in [0.717, 1.165) is 68.2 Å². The second-order valence-electron chi connectivity index (χ2n) is 7.59. The van der Waals surface area contributed by atoms with Crippen LogP contribution in [0.4, 0.5) is 5.95 Å². The van der Waals surface area contributed by atoms with Crippen molar-refractivity contribution in [2.45, 2.75) is 43.3 Å². The molecule has 28 heavy (non-hydrogen) atoms. The Morgan fingerprint density at radius 2 is 2.04 bits per heavy atom. The third kappa shape index (κ3) is 4.47. The lowest BCUT2D eigenvalue weighted by atomic mass is 9.97. The molecule has 0 spiro atoms. The van der Waals surface area contributed by atoms with Crippen LogP contribution in [-0.2, 0) is 13.6 Å². The number of rotatable bonds is 7. The lowest BCUT2D eigenvalue weighted by molar-refractivity contribution is 0.193. The highest BCUT2D eigenvalue weighted by atomic mass is 32.2. The first-order valence-corrected chi connectivity index (χ1v) is 11.2. The summed E-state index contributed by atoms with van der Waals surface area (Å²) in [5.41, 5.74) is 1.09. The Bertz CT molecular complexity index is 777. The highest BCUT2D eigenvalue weighted by Crippen LogP contribution is 2.28. The van der Waals surface area contributed by atoms with Gasteiger partial charge in [0.15, 0.2) is 5.16 Å². The number of aliphatic hydroxyl groups excluding tert-OH is 1. The van der Waals surface area contributed by atoms with Gasteiger partial charge in [-0.1, -0.05) is 11.8 Å². The fourth-order valence-electron chi connectivity index (χ4n) is 4.13. The topological polar surface area (TPSA) is 83.2 Å². The molecule has 9 heteroatoms. The highest BCUT2D eigenvalue weighted by Gasteiger charge is 2.26. The predicted molar refractivity (Wildman–Crippen MR) is 110 cm³/mol. The molecule has 2 aliphatic heterocycles. The number of aromatic nitrogens is 5. The number of aliphatic hydroxyl groups is 1. The van der Waals surface area contributed by atoms with E-state index in [1.807, 2.05) is 19.3 Å². The standard InChI is InChI=1S/C19H29N7OS/c1-24-17(22-23-19(24)28-12-11-27)15-5-4-8-25(13-15)14-16-6-7-20-18(21-16)26-9-2-3-10-26/h6-7,15,27H,2-5,8-14H2,1H3. The third-order valence-electron chi connectivity index (χ3n) is 5.54. The number of hydrogen-bond acceptors (Lipinski definition) is 8. The fourth-order valence-corrected chi connectivity index (χ4v) is 4.78. The minimum atomic E-state index is 0.155. The number of thioether (sulfide) groups is 1. The summed E-state index contributed by atoms with van der Waals surface area (Å²) >= 11 is 1.55. The van der Waals surface area contributed by atoms with E-state index in [-0.39, 0.29) is 6.61 Å². The highest BCUT2D eigenvalue weighted by molar-refractivity contribution is 7.99. The van der Waals surface area contributed by atoms with Crippen molar-refractivity contribution in [1.29, 1.82) is 0 Å². The SMILES string of the molecule is Cn1c(SCCO)nnc1C1CCCN(Cc2ccnc(N3CCCC3)n2)C1. The van der Waals surface area contributed by atoms with E-state index in [0.29, 0.717) is 11.7 Å². The van der Waals surface area contributed by atoms with Gasteiger partial charge in [-0.15, -0.1) is 10.2 Å². The number of likely N-dealkylation sites (tertiary alicyclic amines) is 1. The molecule has 4 rings (SSSR count). The van der Waals surface area contributed by atoms with Crippen molar-refractivity contribution in [3.05, 3.63) is 23.8 Å². The van der Waals surface area contributed by atoms with E-state index in [4.69, 9.17) is 10.1 Å². The number of piperidine rings is 1. The van der Waals surface area contributed by atoms with Crippen LogP contribution in [0.2, 0.25) is 0 Å². The first-order chi connectivity index (χ1) is 13.7. The van der Waals surface area contributed by atoms with E-state index in [1.165, 1.54) is 12.8 Å². The van der Waals surface area contributed by atoms with Crippen molar-refractivity contribution in [2.75, 3.05) is 43.4 Å². The number of hydrogen-bond donors (Lipinski definition) is 1. The van der Waals surface area contributed by atoms with Gasteiger partial charge in [0.05, 0.1) is 12.3 Å². The first kappa shape index (κ1) is 19.6. The molecule has 152 valence electrons. The summed E-state index contributed by atoms with van der Waals surface area (Å²) in [6, 6.07) is 2.04. The lowest BCUT2D eigenvalue weighted by Gasteiger charge is -2.32. The molecule has 4 heterocycles. The van der Waals surface area contributed by atoms with E-state index in [2.05, 4.69) is 29.5 Å². The van der Waals surface area contributed by atoms with Crippen molar-refractivity contribution in [3.8, 4) is 0 Å². The molecule has 0 radical (unpaired) electrons. The summed E-state index contributed by atoms with van der Waals surface area (Å²) in [6.07, 6.45) is 6.65. The minimum absolute atomic E-state index is 0.155. The van der Waals surface area contributed by atoms with Crippen LogP contribution >= 0.6 is 11.8 Å². The molecule has 2 aromatic heterocycles. The van der Waals surface area contributed by atoms with Crippen molar-refractivity contribution in [2.24, 2.45) is 7.05 Å². The van der Waals surface area contributed by atoms with Crippen LogP contribution in [0.1, 0.15) is 43.1 Å². The smallest absolute Gasteiger partial charge is 0.225 e. The summed E-state index contributed by atoms with van der Waals surface area (Å²) in [4.78, 5) is 14.0. The largest absolute Gasteiger partial charge is 0.396 e. The normalized spacial score (nSPS) is 20.8. The molecule has 0 bridgehead atoms. The summed E-state index contributed by atoms with van der Waals surface area (Å²) in [6.45, 7) is 5.20. The maximum absolute atomic E-state index is 9.04. The second kappa shape index (κ2) is 9.19. The molecule has 2 saturated heterocycles. The van der Waals surface area contributed by atoms with Gasteiger partial charge >= 0.3 is 0 Å². The zero-order chi connectivity index (χ0) is 19.3. The number of anilines is 1. The van der Waals surface area contributed by atoms with Gasteiger partial charge < -0.3 is 14.6 Å². The molecular formula is C19H29N7OS. The fraction of sp³-hybridized carbons (Fsp3) is 0.684. The van der Waals surface area contributed by atoms with Crippen molar-refractivity contribution in [3.63, 3.8) is 0 Å². The average Bonchev–Trinajstić information content (AvgIpc) is 3.37. The quantitative estimate of drug-likeness (QED) is 0.699. The summed E-state index contributed by atoms with van der Waals surface area (Å²) < 4.78 is 2.09. The summed E-state index contributed by atoms with van der Waals surface area (Å²) in [5.74, 6) is 2.96. The zero-order valence-electron chi connectivity index (χ0n) is 16.5. The molecule has 1 atom stereocenters. The molecule has 0 saturated carbocycles. The molecule has 1 unspecified atom stereocenters. The molecule has 2 aromatic rings. The van der Waals surface area contributed by atoms with Crippen LogP contribution in [0.25, 0.3) is 0 Å². The van der Waals surface area contributed by atoms with Crippen molar-refractivity contribution < 1.29 is 5.11 Å². The Hall–Kier alpha value is -1.71. The molecule has 2 fully saturated rings. The van der Waals surface area contributed by atoms with Gasteiger partial charge in [-0.2, -0.15) is 0 Å². The molecular weight excluding hydrogens is 374 g/mol. The first-order valence-electron chi connectivity index (χ1n) is 10.2. The zero-order valence-corrected chi connectivity index (χ0v) is 17.3. The van der Waals surface area contributed by atoms with E-state index in [9.17, 15) is 0 Å². The van der Waals surface area contributed by atoms with Crippen molar-refractivity contribution in [1.82, 2.24) is 29.6 Å². The average molecular weight is 404 g/mol. The molecule has 2 aliphatic rings. The van der Waals surface area contributed by atoms with Gasteiger partial charge in [-0.3, -0.25) is 4.90 Å². The van der Waals surface area contributed by atoms with Crippen LogP contribution in [0.5, 0.6) is 0 Å². The van der Waals surface area contributed by atoms with E-state index < -0.39 is 0 Å². The van der Waals surface area contributed by atoms with Gasteiger partial charge in [-0.05, 0) is 38.3 Å². The van der Waals surface area contributed by atoms with Crippen LogP contribution in [0, 0.1) is 0 Å². The molecule has 1 N–H and O–H groups in total. The molecule has 8 nitrogen and oxygen atoms in total. The van der Waals surface area contributed by atoms with Crippen molar-refractivity contribution >= 4 is 17.7 Å². The van der Waals surface area contributed by atoms with Gasteiger partial charge in [0.2, 0.25) is 5.95 Å². The monoisotopic (exact) mass is 403 g/mol. The number of nitrogens with zero attached hydrogens (tertiary/aromatic N) is 7. The van der Waals surface area contributed by atoms with Gasteiger partial charge in [0.1, 0.15) is 5.82 Å². The molecule has 0 aromatic carbocycles. The minimum Gasteiger partial charge on any atom is -0.396 e. The van der Waals surface area contributed by atoms with E-state index in [1.54, 1.807) is 11.8 Å². The van der Waals surface area contributed by atoms with E-state index >= 15 is 0 Å². The van der Waals surface area contributed by atoms with Gasteiger partial charge in [0, 0.05) is 51.1 Å². The van der Waals surface area contributed by atoms with Crippen LogP contribution in [-0.4, -0.2) is 73.3 Å². The van der Waals surface area contributed by atoms with Crippen LogP contribution in [0.3, 0.4) is 0 Å². The Labute approximate surface area is 170 Å². The Balaban J connectivity index is 1.40. The van der Waals surface area contributed by atoms with Gasteiger partial charge in [0.25, 0.3) is 0 Å². The Morgan fingerprint density at radius 3 is 2.86 bits per heavy atom.